The van der Waals surface area contributed by atoms with Crippen molar-refractivity contribution in [2.45, 2.75) is 29.7 Å². The zero-order valence-electron chi connectivity index (χ0n) is 14.1. The van der Waals surface area contributed by atoms with Crippen molar-refractivity contribution in [3.63, 3.8) is 0 Å². The lowest BCUT2D eigenvalue weighted by atomic mass is 10.1. The summed E-state index contributed by atoms with van der Waals surface area (Å²) in [5.41, 5.74) is 3.34. The zero-order chi connectivity index (χ0) is 17.6. The Labute approximate surface area is 146 Å². The van der Waals surface area contributed by atoms with Gasteiger partial charge < -0.3 is 10.6 Å². The van der Waals surface area contributed by atoms with E-state index in [1.165, 1.54) is 0 Å². The maximum absolute atomic E-state index is 13.2. The number of hydrogen-bond donors (Lipinski definition) is 2. The molecule has 0 bridgehead atoms. The molecule has 1 aliphatic rings. The number of rotatable bonds is 3. The van der Waals surface area contributed by atoms with E-state index in [4.69, 9.17) is 0 Å². The minimum absolute atomic E-state index is 0.123. The number of hydrogen-bond acceptors (Lipinski definition) is 6. The van der Waals surface area contributed by atoms with Crippen molar-refractivity contribution in [1.82, 2.24) is 19.9 Å². The van der Waals surface area contributed by atoms with Crippen LogP contribution in [0.3, 0.4) is 0 Å². The van der Waals surface area contributed by atoms with E-state index in [0.717, 1.165) is 29.9 Å². The lowest BCUT2D eigenvalue weighted by molar-refractivity contribution is 0.595. The molecule has 3 aromatic rings. The Morgan fingerprint density at radius 2 is 2.00 bits per heavy atom. The van der Waals surface area contributed by atoms with Gasteiger partial charge in [0, 0.05) is 19.3 Å². The van der Waals surface area contributed by atoms with Crippen molar-refractivity contribution in [3.8, 4) is 0 Å². The van der Waals surface area contributed by atoms with E-state index in [2.05, 4.69) is 20.7 Å². The highest BCUT2D eigenvalue weighted by molar-refractivity contribution is 7.91. The van der Waals surface area contributed by atoms with Gasteiger partial charge in [0.25, 0.3) is 0 Å². The standard InChI is InChI=1S/C17H19N5O2S/c1-11-13-8-9-19-10-14(13)22-17(20-11)15(16(18-2)21-22)25(23,24)12-6-4-3-5-7-12/h3-7,19H,8-10H2,1-2H3,(H,18,21). The normalized spacial score (nSPS) is 14.5. The third kappa shape index (κ3) is 2.40. The van der Waals surface area contributed by atoms with E-state index in [-0.39, 0.29) is 9.79 Å². The van der Waals surface area contributed by atoms with Gasteiger partial charge in [-0.3, -0.25) is 0 Å². The quantitative estimate of drug-likeness (QED) is 0.740. The van der Waals surface area contributed by atoms with Crippen molar-refractivity contribution in [2.24, 2.45) is 0 Å². The second-order valence-electron chi connectivity index (χ2n) is 6.03. The van der Waals surface area contributed by atoms with E-state index < -0.39 is 9.84 Å². The molecular weight excluding hydrogens is 338 g/mol. The topological polar surface area (TPSA) is 88.4 Å². The van der Waals surface area contributed by atoms with Crippen LogP contribution in [-0.4, -0.2) is 36.6 Å². The third-order valence-corrected chi connectivity index (χ3v) is 6.34. The summed E-state index contributed by atoms with van der Waals surface area (Å²) < 4.78 is 28.1. The van der Waals surface area contributed by atoms with Crippen LogP contribution in [0.1, 0.15) is 17.0 Å². The molecule has 3 heterocycles. The average molecular weight is 357 g/mol. The molecule has 4 rings (SSSR count). The van der Waals surface area contributed by atoms with Gasteiger partial charge in [-0.15, -0.1) is 5.10 Å². The number of aromatic nitrogens is 3. The largest absolute Gasteiger partial charge is 0.370 e. The van der Waals surface area contributed by atoms with Gasteiger partial charge in [-0.25, -0.2) is 17.9 Å². The Morgan fingerprint density at radius 1 is 1.24 bits per heavy atom. The number of fused-ring (bicyclic) bond motifs is 3. The Bertz CT molecular complexity index is 1060. The molecule has 0 aliphatic carbocycles. The monoisotopic (exact) mass is 357 g/mol. The van der Waals surface area contributed by atoms with Crippen LogP contribution in [0.4, 0.5) is 5.82 Å². The van der Waals surface area contributed by atoms with Crippen LogP contribution in [0.2, 0.25) is 0 Å². The van der Waals surface area contributed by atoms with Gasteiger partial charge in [-0.1, -0.05) is 18.2 Å². The molecular formula is C17H19N5O2S. The molecule has 0 atom stereocenters. The van der Waals surface area contributed by atoms with Gasteiger partial charge in [0.15, 0.2) is 16.4 Å². The van der Waals surface area contributed by atoms with E-state index in [1.54, 1.807) is 41.9 Å². The van der Waals surface area contributed by atoms with Crippen LogP contribution in [-0.2, 0) is 22.8 Å². The summed E-state index contributed by atoms with van der Waals surface area (Å²) in [7, 11) is -2.07. The second kappa shape index (κ2) is 5.82. The molecule has 0 spiro atoms. The lowest BCUT2D eigenvalue weighted by Gasteiger charge is -2.19. The summed E-state index contributed by atoms with van der Waals surface area (Å²) in [6, 6.07) is 8.39. The van der Waals surface area contributed by atoms with Crippen molar-refractivity contribution in [3.05, 3.63) is 47.3 Å². The average Bonchev–Trinajstić information content (AvgIpc) is 3.02. The van der Waals surface area contributed by atoms with Crippen LogP contribution in [0.5, 0.6) is 0 Å². The lowest BCUT2D eigenvalue weighted by Crippen LogP contribution is -2.27. The number of nitrogens with zero attached hydrogens (tertiary/aromatic N) is 3. The number of nitrogens with one attached hydrogen (secondary N) is 2. The molecule has 0 unspecified atom stereocenters. The molecule has 0 saturated carbocycles. The van der Waals surface area contributed by atoms with Crippen LogP contribution in [0.15, 0.2) is 40.1 Å². The van der Waals surface area contributed by atoms with Crippen LogP contribution in [0.25, 0.3) is 5.65 Å². The van der Waals surface area contributed by atoms with E-state index in [0.29, 0.717) is 18.0 Å². The highest BCUT2D eigenvalue weighted by atomic mass is 32.2. The van der Waals surface area contributed by atoms with Gasteiger partial charge in [0.05, 0.1) is 10.6 Å². The highest BCUT2D eigenvalue weighted by Crippen LogP contribution is 2.32. The Morgan fingerprint density at radius 3 is 2.72 bits per heavy atom. The predicted octanol–water partition coefficient (Wildman–Crippen LogP) is 1.56. The first-order chi connectivity index (χ1) is 12.0. The maximum atomic E-state index is 13.2. The Kier molecular flexibility index (Phi) is 3.73. The smallest absolute Gasteiger partial charge is 0.214 e. The molecule has 2 aromatic heterocycles. The molecule has 1 aromatic carbocycles. The van der Waals surface area contributed by atoms with Crippen LogP contribution in [0, 0.1) is 6.92 Å². The fourth-order valence-corrected chi connectivity index (χ4v) is 4.82. The van der Waals surface area contributed by atoms with E-state index in [1.807, 2.05) is 6.92 Å². The molecule has 130 valence electrons. The predicted molar refractivity (Wildman–Crippen MR) is 94.6 cm³/mol. The molecule has 0 amide bonds. The summed E-state index contributed by atoms with van der Waals surface area (Å²) in [5, 5.41) is 10.7. The SMILES string of the molecule is CNc1nn2c3c(c(C)nc2c1S(=O)(=O)c1ccccc1)CCNC3. The number of aryl methyl sites for hydroxylation is 1. The first-order valence-electron chi connectivity index (χ1n) is 8.13. The van der Waals surface area contributed by atoms with E-state index >= 15 is 0 Å². The summed E-state index contributed by atoms with van der Waals surface area (Å²) in [4.78, 5) is 4.96. The fourth-order valence-electron chi connectivity index (χ4n) is 3.30. The molecule has 7 nitrogen and oxygen atoms in total. The summed E-state index contributed by atoms with van der Waals surface area (Å²) >= 11 is 0. The van der Waals surface area contributed by atoms with E-state index in [9.17, 15) is 8.42 Å². The first-order valence-corrected chi connectivity index (χ1v) is 9.62. The highest BCUT2D eigenvalue weighted by Gasteiger charge is 2.30. The summed E-state index contributed by atoms with van der Waals surface area (Å²) in [5.74, 6) is 0.315. The minimum atomic E-state index is -3.74. The molecule has 1 aliphatic heterocycles. The zero-order valence-corrected chi connectivity index (χ0v) is 14.9. The molecule has 0 saturated heterocycles. The molecule has 0 fully saturated rings. The second-order valence-corrected chi connectivity index (χ2v) is 7.92. The van der Waals surface area contributed by atoms with Crippen molar-refractivity contribution < 1.29 is 8.42 Å². The minimum Gasteiger partial charge on any atom is -0.370 e. The molecule has 8 heteroatoms. The molecule has 2 N–H and O–H groups in total. The van der Waals surface area contributed by atoms with Gasteiger partial charge in [0.2, 0.25) is 9.84 Å². The van der Waals surface area contributed by atoms with Crippen molar-refractivity contribution >= 4 is 21.3 Å². The Hall–Kier alpha value is -2.45. The summed E-state index contributed by atoms with van der Waals surface area (Å²) in [6.07, 6.45) is 0.861. The number of anilines is 1. The Balaban J connectivity index is 2.06. The first kappa shape index (κ1) is 16.0. The summed E-state index contributed by atoms with van der Waals surface area (Å²) in [6.45, 7) is 3.45. The van der Waals surface area contributed by atoms with Gasteiger partial charge in [0.1, 0.15) is 0 Å². The van der Waals surface area contributed by atoms with Crippen molar-refractivity contribution in [1.29, 1.82) is 0 Å². The fraction of sp³-hybridized carbons (Fsp3) is 0.294. The van der Waals surface area contributed by atoms with Crippen LogP contribution < -0.4 is 10.6 Å². The van der Waals surface area contributed by atoms with Crippen LogP contribution >= 0.6 is 0 Å². The molecule has 0 radical (unpaired) electrons. The van der Waals surface area contributed by atoms with Gasteiger partial charge >= 0.3 is 0 Å². The maximum Gasteiger partial charge on any atom is 0.214 e. The third-order valence-electron chi connectivity index (χ3n) is 4.54. The van der Waals surface area contributed by atoms with Crippen molar-refractivity contribution in [2.75, 3.05) is 18.9 Å². The number of sulfone groups is 1. The van der Waals surface area contributed by atoms with Gasteiger partial charge in [-0.05, 0) is 37.6 Å². The van der Waals surface area contributed by atoms with Gasteiger partial charge in [-0.2, -0.15) is 0 Å². The molecule has 25 heavy (non-hydrogen) atoms. The number of benzene rings is 1.